The number of benzene rings is 1. The highest BCUT2D eigenvalue weighted by molar-refractivity contribution is 7.86. The lowest BCUT2D eigenvalue weighted by Gasteiger charge is -2.38. The number of nitrogens with one attached hydrogen (secondary N) is 1. The topological polar surface area (TPSA) is 94.5 Å². The van der Waals surface area contributed by atoms with Gasteiger partial charge in [0.25, 0.3) is 5.56 Å². The Morgan fingerprint density at radius 3 is 2.62 bits per heavy atom. The number of amides is 1. The summed E-state index contributed by atoms with van der Waals surface area (Å²) in [4.78, 5) is 37.1. The number of hydrogen-bond acceptors (Lipinski definition) is 5. The van der Waals surface area contributed by atoms with E-state index in [9.17, 15) is 18.2 Å². The number of H-pyrrole nitrogens is 1. The van der Waals surface area contributed by atoms with Crippen molar-refractivity contribution in [3.8, 4) is 11.1 Å². The van der Waals surface area contributed by atoms with Crippen LogP contribution in [0.15, 0.2) is 41.6 Å². The molecule has 0 bridgehead atoms. The molecule has 5 heterocycles. The van der Waals surface area contributed by atoms with E-state index in [2.05, 4.69) is 16.9 Å². The Hall–Kier alpha value is -4.06. The van der Waals surface area contributed by atoms with Crippen molar-refractivity contribution in [3.63, 3.8) is 0 Å². The van der Waals surface area contributed by atoms with Gasteiger partial charge in [-0.05, 0) is 24.1 Å². The van der Waals surface area contributed by atoms with E-state index in [1.165, 1.54) is 4.57 Å². The van der Waals surface area contributed by atoms with Crippen molar-refractivity contribution >= 4 is 50.7 Å². The lowest BCUT2D eigenvalue weighted by atomic mass is 9.98. The van der Waals surface area contributed by atoms with E-state index in [1.54, 1.807) is 33.5 Å². The minimum Gasteiger partial charge on any atom is -0.356 e. The predicted octanol–water partition coefficient (Wildman–Crippen LogP) is 5.28. The summed E-state index contributed by atoms with van der Waals surface area (Å²) in [5, 5.41) is 0.691. The first-order valence-corrected chi connectivity index (χ1v) is 15.4. The van der Waals surface area contributed by atoms with Crippen molar-refractivity contribution in [2.45, 2.75) is 46.1 Å². The van der Waals surface area contributed by atoms with Crippen LogP contribution in [0.25, 0.3) is 22.0 Å². The van der Waals surface area contributed by atoms with Crippen LogP contribution in [0.4, 0.5) is 31.7 Å². The van der Waals surface area contributed by atoms with Crippen LogP contribution in [0.3, 0.4) is 0 Å². The fourth-order valence-corrected chi connectivity index (χ4v) is 6.92. The summed E-state index contributed by atoms with van der Waals surface area (Å²) in [5.74, 6) is -1.36. The molecule has 1 amide bonds. The van der Waals surface area contributed by atoms with Gasteiger partial charge in [-0.15, -0.1) is 0 Å². The van der Waals surface area contributed by atoms with Gasteiger partial charge in [-0.3, -0.25) is 13.9 Å². The molecule has 1 atom stereocenters. The predicted molar refractivity (Wildman–Crippen MR) is 161 cm³/mol. The number of hydrogen-bond donors (Lipinski definition) is 1. The van der Waals surface area contributed by atoms with Crippen molar-refractivity contribution in [1.82, 2.24) is 14.5 Å². The standard InChI is InChI=1S/C30H32F2N6O3S/c1-4-6-7-8-26(39)36-9-10-38(42(41)5-2)25-12-20-21-17-35(3)30(40)28-27(21)18(14-33-28)16-37(23(20)13-24(25)36)29-22(32)11-19(31)15-34-29/h11-15,17,33H,4-10,16H2,1-3H3. The molecule has 1 N–H and O–H groups in total. The number of aryl methyl sites for hydroxylation is 1. The van der Waals surface area contributed by atoms with Gasteiger partial charge in [0.05, 0.1) is 36.3 Å². The molecule has 0 radical (unpaired) electrons. The van der Waals surface area contributed by atoms with E-state index in [0.717, 1.165) is 42.7 Å². The average molecular weight is 595 g/mol. The minimum atomic E-state index is -1.34. The fraction of sp³-hybridized carbons (Fsp3) is 0.367. The number of aromatic amines is 1. The molecule has 3 aromatic heterocycles. The molecule has 0 saturated carbocycles. The van der Waals surface area contributed by atoms with Crippen molar-refractivity contribution in [1.29, 1.82) is 0 Å². The summed E-state index contributed by atoms with van der Waals surface area (Å²) < 4.78 is 45.8. The number of carbonyl (C=O) groups is 1. The number of carbonyl (C=O) groups excluding carboxylic acids is 1. The molecule has 0 spiro atoms. The number of nitrogens with zero attached hydrogens (tertiary/aromatic N) is 5. The van der Waals surface area contributed by atoms with Gasteiger partial charge < -0.3 is 19.4 Å². The third kappa shape index (κ3) is 4.57. The molecule has 9 nitrogen and oxygen atoms in total. The van der Waals surface area contributed by atoms with Gasteiger partial charge in [-0.1, -0.05) is 26.7 Å². The number of halogens is 2. The first-order chi connectivity index (χ1) is 20.2. The van der Waals surface area contributed by atoms with Crippen LogP contribution in [0.5, 0.6) is 0 Å². The van der Waals surface area contributed by atoms with Crippen LogP contribution in [-0.4, -0.2) is 43.5 Å². The maximum absolute atomic E-state index is 15.3. The molecular weight excluding hydrogens is 562 g/mol. The van der Waals surface area contributed by atoms with Crippen LogP contribution >= 0.6 is 0 Å². The molecule has 1 unspecified atom stereocenters. The fourth-order valence-electron chi connectivity index (χ4n) is 5.95. The molecular formula is C30H32F2N6O3S. The smallest absolute Gasteiger partial charge is 0.274 e. The molecule has 220 valence electrons. The number of aromatic nitrogens is 3. The van der Waals surface area contributed by atoms with Gasteiger partial charge >= 0.3 is 0 Å². The Balaban J connectivity index is 1.64. The maximum atomic E-state index is 15.3. The van der Waals surface area contributed by atoms with Crippen LogP contribution in [0.1, 0.15) is 45.1 Å². The molecule has 12 heteroatoms. The number of rotatable bonds is 7. The van der Waals surface area contributed by atoms with E-state index >= 15 is 4.39 Å². The molecule has 4 aromatic rings. The second-order valence-corrected chi connectivity index (χ2v) is 12.3. The van der Waals surface area contributed by atoms with Gasteiger partial charge in [-0.2, -0.15) is 0 Å². The van der Waals surface area contributed by atoms with E-state index in [-0.39, 0.29) is 23.8 Å². The van der Waals surface area contributed by atoms with E-state index < -0.39 is 22.6 Å². The lowest BCUT2D eigenvalue weighted by molar-refractivity contribution is -0.118. The maximum Gasteiger partial charge on any atom is 0.274 e. The van der Waals surface area contributed by atoms with Gasteiger partial charge in [0.1, 0.15) is 22.3 Å². The summed E-state index contributed by atoms with van der Waals surface area (Å²) in [7, 11) is 0.321. The van der Waals surface area contributed by atoms with Gasteiger partial charge in [-0.25, -0.2) is 18.0 Å². The molecule has 0 aliphatic carbocycles. The van der Waals surface area contributed by atoms with Crippen LogP contribution in [-0.2, 0) is 29.4 Å². The highest BCUT2D eigenvalue weighted by Crippen LogP contribution is 2.49. The van der Waals surface area contributed by atoms with Crippen molar-refractivity contribution in [2.75, 3.05) is 32.9 Å². The second kappa shape index (κ2) is 11.0. The Morgan fingerprint density at radius 1 is 1.07 bits per heavy atom. The zero-order valence-electron chi connectivity index (χ0n) is 23.7. The molecule has 1 aromatic carbocycles. The Kier molecular flexibility index (Phi) is 7.34. The monoisotopic (exact) mass is 594 g/mol. The largest absolute Gasteiger partial charge is 0.356 e. The zero-order valence-corrected chi connectivity index (χ0v) is 24.6. The number of fused-ring (bicyclic) bond motifs is 3. The molecule has 42 heavy (non-hydrogen) atoms. The van der Waals surface area contributed by atoms with E-state index in [0.29, 0.717) is 58.8 Å². The molecule has 0 fully saturated rings. The van der Waals surface area contributed by atoms with Crippen molar-refractivity contribution < 1.29 is 17.8 Å². The average Bonchev–Trinajstić information content (AvgIpc) is 3.35. The number of anilines is 4. The second-order valence-electron chi connectivity index (χ2n) is 10.6. The van der Waals surface area contributed by atoms with Crippen LogP contribution in [0.2, 0.25) is 0 Å². The zero-order chi connectivity index (χ0) is 29.7. The third-order valence-electron chi connectivity index (χ3n) is 8.01. The molecule has 2 aliphatic heterocycles. The Bertz CT molecular complexity index is 1800. The van der Waals surface area contributed by atoms with Gasteiger partial charge in [0.2, 0.25) is 5.91 Å². The summed E-state index contributed by atoms with van der Waals surface area (Å²) in [5.41, 5.74) is 4.04. The highest BCUT2D eigenvalue weighted by atomic mass is 32.2. The SMILES string of the molecule is CCCCCC(=O)N1CCN(S(=O)CC)c2cc3c(cc21)N(c1ncc(F)cc1F)Cc1c[nH]c2c(=O)n(C)cc-3c12. The minimum absolute atomic E-state index is 0.0335. The lowest BCUT2D eigenvalue weighted by Crippen LogP contribution is -2.45. The molecule has 2 aliphatic rings. The summed E-state index contributed by atoms with van der Waals surface area (Å²) in [6.07, 6.45) is 7.49. The first-order valence-electron chi connectivity index (χ1n) is 14.2. The van der Waals surface area contributed by atoms with Crippen molar-refractivity contribution in [3.05, 3.63) is 64.3 Å². The van der Waals surface area contributed by atoms with Gasteiger partial charge in [0.15, 0.2) is 11.6 Å². The van der Waals surface area contributed by atoms with Crippen LogP contribution in [0, 0.1) is 11.6 Å². The number of unbranched alkanes of at least 4 members (excludes halogenated alkanes) is 2. The Morgan fingerprint density at radius 2 is 1.88 bits per heavy atom. The van der Waals surface area contributed by atoms with Crippen molar-refractivity contribution in [2.24, 2.45) is 7.05 Å². The Labute approximate surface area is 244 Å². The first kappa shape index (κ1) is 28.1. The summed E-state index contributed by atoms with van der Waals surface area (Å²) in [6.45, 7) is 4.81. The van der Waals surface area contributed by atoms with E-state index in [4.69, 9.17) is 0 Å². The third-order valence-corrected chi connectivity index (χ3v) is 9.37. The normalized spacial score (nSPS) is 15.0. The molecule has 6 rings (SSSR count). The van der Waals surface area contributed by atoms with Gasteiger partial charge in [0, 0.05) is 60.7 Å². The molecule has 0 saturated heterocycles. The number of pyridine rings is 2. The van der Waals surface area contributed by atoms with Crippen LogP contribution < -0.4 is 19.7 Å². The summed E-state index contributed by atoms with van der Waals surface area (Å²) >= 11 is 0. The van der Waals surface area contributed by atoms with E-state index in [1.807, 2.05) is 19.1 Å². The highest BCUT2D eigenvalue weighted by Gasteiger charge is 2.34. The summed E-state index contributed by atoms with van der Waals surface area (Å²) in [6, 6.07) is 4.48. The quantitative estimate of drug-likeness (QED) is 0.294.